The average Bonchev–Trinajstić information content (AvgIpc) is 3.78. The molecular weight excluding hydrogens is 607 g/mol. The number of carbonyl (C=O) groups is 4. The molecule has 2 aliphatic carbocycles. The molecule has 4 aliphatic rings. The summed E-state index contributed by atoms with van der Waals surface area (Å²) in [6.45, 7) is 2.66. The fourth-order valence-electron chi connectivity index (χ4n) is 6.52. The van der Waals surface area contributed by atoms with E-state index in [0.717, 1.165) is 6.92 Å². The standard InChI is InChI=1S/C30H28F3NO11/c1-10-26-27(45-26)14(34-28(40)30(31,32)33)7-17(43-10)44-16-9-29(41,11(2)35)8-13-19(16)25(39)21-20(23(13)37)22(36)12-5-4-6-15(42-3)18(12)24(21)38/h4-6,10,14,16-17,26-27,37,39,41H,7-9H2,1-3H3,(H,34,40)/t10?,14?,16-,17?,26?,27?,29?/m0/s1. The van der Waals surface area contributed by atoms with Gasteiger partial charge in [0, 0.05) is 36.0 Å². The minimum absolute atomic E-state index is 0.0421. The molecule has 0 saturated carbocycles. The third-order valence-corrected chi connectivity index (χ3v) is 8.85. The molecular formula is C30H28F3NO11. The Balaban J connectivity index is 1.43. The normalized spacial score (nSPS) is 30.3. The Kier molecular flexibility index (Phi) is 7.23. The molecule has 2 heterocycles. The fraction of sp³-hybridized carbons (Fsp3) is 0.467. The van der Waals surface area contributed by atoms with Crippen LogP contribution in [0.1, 0.15) is 75.8 Å². The van der Waals surface area contributed by atoms with Crippen molar-refractivity contribution in [2.24, 2.45) is 0 Å². The van der Waals surface area contributed by atoms with Crippen LogP contribution in [0.2, 0.25) is 0 Å². The van der Waals surface area contributed by atoms with E-state index in [1.54, 1.807) is 6.92 Å². The Morgan fingerprint density at radius 3 is 2.38 bits per heavy atom. The van der Waals surface area contributed by atoms with Crippen LogP contribution in [0.5, 0.6) is 17.2 Å². The second kappa shape index (κ2) is 10.5. The minimum atomic E-state index is -5.17. The molecule has 0 radical (unpaired) electrons. The minimum Gasteiger partial charge on any atom is -0.507 e. The summed E-state index contributed by atoms with van der Waals surface area (Å²) in [4.78, 5) is 51.7. The highest BCUT2D eigenvalue weighted by Crippen LogP contribution is 2.52. The fourth-order valence-corrected chi connectivity index (χ4v) is 6.52. The van der Waals surface area contributed by atoms with E-state index in [1.807, 2.05) is 5.32 Å². The van der Waals surface area contributed by atoms with Crippen molar-refractivity contribution in [3.63, 3.8) is 0 Å². The largest absolute Gasteiger partial charge is 0.507 e. The van der Waals surface area contributed by atoms with Crippen molar-refractivity contribution in [2.75, 3.05) is 7.11 Å². The summed E-state index contributed by atoms with van der Waals surface area (Å²) in [5.41, 5.74) is -3.95. The Labute approximate surface area is 253 Å². The lowest BCUT2D eigenvalue weighted by atomic mass is 9.72. The van der Waals surface area contributed by atoms with Gasteiger partial charge in [-0.3, -0.25) is 19.2 Å². The van der Waals surface area contributed by atoms with Gasteiger partial charge in [-0.05, 0) is 19.9 Å². The molecule has 45 heavy (non-hydrogen) atoms. The number of alkyl halides is 3. The third-order valence-electron chi connectivity index (χ3n) is 8.85. The maximum absolute atomic E-state index is 13.8. The molecule has 1 amide bonds. The number of amides is 1. The molecule has 6 unspecified atom stereocenters. The van der Waals surface area contributed by atoms with Crippen molar-refractivity contribution in [2.45, 2.75) is 81.6 Å². The third kappa shape index (κ3) is 4.94. The summed E-state index contributed by atoms with van der Waals surface area (Å²) in [6, 6.07) is 3.05. The van der Waals surface area contributed by atoms with Crippen molar-refractivity contribution in [3.8, 4) is 17.2 Å². The van der Waals surface area contributed by atoms with E-state index >= 15 is 0 Å². The first-order valence-corrected chi connectivity index (χ1v) is 14.0. The average molecular weight is 636 g/mol. The van der Waals surface area contributed by atoms with Crippen LogP contribution in [-0.4, -0.2) is 88.1 Å². The Hall–Kier alpha value is -4.05. The smallest absolute Gasteiger partial charge is 0.471 e. The van der Waals surface area contributed by atoms with Crippen molar-refractivity contribution in [1.29, 1.82) is 0 Å². The number of phenols is 2. The van der Waals surface area contributed by atoms with E-state index in [2.05, 4.69) is 0 Å². The quantitative estimate of drug-likeness (QED) is 0.238. The van der Waals surface area contributed by atoms with Crippen molar-refractivity contribution < 1.29 is 66.6 Å². The first kappa shape index (κ1) is 31.0. The number of methoxy groups -OCH3 is 1. The molecule has 2 aromatic rings. The molecule has 0 bridgehead atoms. The van der Waals surface area contributed by atoms with Gasteiger partial charge in [-0.15, -0.1) is 0 Å². The number of halogens is 3. The number of rotatable bonds is 5. The van der Waals surface area contributed by atoms with Crippen LogP contribution in [0, 0.1) is 0 Å². The number of nitrogens with one attached hydrogen (secondary N) is 1. The number of hydrogen-bond acceptors (Lipinski definition) is 11. The van der Waals surface area contributed by atoms with Crippen LogP contribution < -0.4 is 10.1 Å². The highest BCUT2D eigenvalue weighted by molar-refractivity contribution is 6.31. The van der Waals surface area contributed by atoms with Gasteiger partial charge in [-0.25, -0.2) is 0 Å². The lowest BCUT2D eigenvalue weighted by molar-refractivity contribution is -0.212. The summed E-state index contributed by atoms with van der Waals surface area (Å²) in [5.74, 6) is -6.05. The van der Waals surface area contributed by atoms with E-state index in [-0.39, 0.29) is 34.4 Å². The van der Waals surface area contributed by atoms with E-state index in [4.69, 9.17) is 18.9 Å². The highest BCUT2D eigenvalue weighted by atomic mass is 19.4. The lowest BCUT2D eigenvalue weighted by Gasteiger charge is -2.40. The molecule has 2 fully saturated rings. The monoisotopic (exact) mass is 635 g/mol. The summed E-state index contributed by atoms with van der Waals surface area (Å²) in [7, 11) is 1.28. The predicted octanol–water partition coefficient (Wildman–Crippen LogP) is 2.16. The van der Waals surface area contributed by atoms with Gasteiger partial charge >= 0.3 is 12.1 Å². The predicted molar refractivity (Wildman–Crippen MR) is 143 cm³/mol. The molecule has 2 aromatic carbocycles. The molecule has 0 spiro atoms. The topological polar surface area (TPSA) is 181 Å². The molecule has 12 nitrogen and oxygen atoms in total. The molecule has 4 N–H and O–H groups in total. The van der Waals surface area contributed by atoms with Gasteiger partial charge in [-0.1, -0.05) is 12.1 Å². The second-order valence-corrected chi connectivity index (χ2v) is 11.6. The highest BCUT2D eigenvalue weighted by Gasteiger charge is 2.55. The number of carbonyl (C=O) groups excluding carboxylic acids is 4. The molecule has 240 valence electrons. The molecule has 0 aromatic heterocycles. The maximum Gasteiger partial charge on any atom is 0.471 e. The van der Waals surface area contributed by atoms with Gasteiger partial charge < -0.3 is 39.6 Å². The zero-order chi connectivity index (χ0) is 32.7. The number of phenolic OH excluding ortho intramolecular Hbond substituents is 2. The summed E-state index contributed by atoms with van der Waals surface area (Å²) < 4.78 is 61.8. The molecule has 2 aliphatic heterocycles. The maximum atomic E-state index is 13.8. The number of ether oxygens (including phenoxy) is 4. The van der Waals surface area contributed by atoms with Gasteiger partial charge in [0.2, 0.25) is 5.78 Å². The van der Waals surface area contributed by atoms with E-state index < -0.39 is 107 Å². The van der Waals surface area contributed by atoms with Crippen LogP contribution in [0.4, 0.5) is 13.2 Å². The zero-order valence-corrected chi connectivity index (χ0v) is 24.1. The van der Waals surface area contributed by atoms with Crippen molar-refractivity contribution >= 4 is 23.3 Å². The number of hydrogen-bond donors (Lipinski definition) is 4. The summed E-state index contributed by atoms with van der Waals surface area (Å²) in [5, 5.41) is 36.3. The second-order valence-electron chi connectivity index (χ2n) is 11.6. The number of aromatic hydroxyl groups is 2. The van der Waals surface area contributed by atoms with Crippen molar-refractivity contribution in [1.82, 2.24) is 5.32 Å². The lowest BCUT2D eigenvalue weighted by Crippen LogP contribution is -2.48. The number of epoxide rings is 1. The number of fused-ring (bicyclic) bond motifs is 4. The van der Waals surface area contributed by atoms with E-state index in [1.165, 1.54) is 25.3 Å². The Bertz CT molecular complexity index is 1660. The van der Waals surface area contributed by atoms with Gasteiger partial charge in [0.15, 0.2) is 17.9 Å². The van der Waals surface area contributed by atoms with Crippen LogP contribution in [0.15, 0.2) is 18.2 Å². The van der Waals surface area contributed by atoms with Gasteiger partial charge in [0.25, 0.3) is 0 Å². The summed E-state index contributed by atoms with van der Waals surface area (Å²) in [6.07, 6.45) is -11.7. The molecule has 7 atom stereocenters. The van der Waals surface area contributed by atoms with Gasteiger partial charge in [0.1, 0.15) is 35.1 Å². The van der Waals surface area contributed by atoms with Gasteiger partial charge in [0.05, 0.1) is 42.0 Å². The molecule has 15 heteroatoms. The first-order valence-electron chi connectivity index (χ1n) is 14.0. The molecule has 2 saturated heterocycles. The SMILES string of the molecule is COc1cccc2c1C(=O)c1c(O)c3c(c(O)c1C2=O)CC(O)(C(C)=O)C[C@@H]3OC1CC(NC(=O)C(F)(F)F)C2OC2C(C)O1. The van der Waals surface area contributed by atoms with Crippen LogP contribution in [0.3, 0.4) is 0 Å². The van der Waals surface area contributed by atoms with Crippen LogP contribution in [-0.2, 0) is 30.2 Å². The first-order chi connectivity index (χ1) is 21.1. The van der Waals surface area contributed by atoms with Gasteiger partial charge in [-0.2, -0.15) is 13.2 Å². The molecule has 6 rings (SSSR count). The van der Waals surface area contributed by atoms with E-state index in [0.29, 0.717) is 0 Å². The number of ketones is 3. The zero-order valence-electron chi connectivity index (χ0n) is 24.1. The summed E-state index contributed by atoms with van der Waals surface area (Å²) >= 11 is 0. The van der Waals surface area contributed by atoms with Crippen LogP contribution >= 0.6 is 0 Å². The number of aliphatic hydroxyl groups is 1. The van der Waals surface area contributed by atoms with E-state index in [9.17, 15) is 47.7 Å². The Morgan fingerprint density at radius 2 is 1.73 bits per heavy atom. The number of Topliss-reactive ketones (excluding diaryl/α,β-unsaturated/α-hetero) is 1. The Morgan fingerprint density at radius 1 is 1.04 bits per heavy atom. The number of benzene rings is 2. The van der Waals surface area contributed by atoms with Crippen molar-refractivity contribution in [3.05, 3.63) is 51.6 Å². The van der Waals surface area contributed by atoms with Crippen LogP contribution in [0.25, 0.3) is 0 Å².